The van der Waals surface area contributed by atoms with Gasteiger partial charge in [0.1, 0.15) is 17.4 Å². The molecule has 0 aliphatic carbocycles. The van der Waals surface area contributed by atoms with E-state index in [-0.39, 0.29) is 23.7 Å². The maximum atomic E-state index is 12.1. The van der Waals surface area contributed by atoms with Gasteiger partial charge in [-0.3, -0.25) is 4.79 Å². The van der Waals surface area contributed by atoms with Gasteiger partial charge in [0.05, 0.1) is 7.11 Å². The molecule has 0 aliphatic heterocycles. The van der Waals surface area contributed by atoms with Gasteiger partial charge in [-0.1, -0.05) is 30.7 Å². The average molecular weight is 429 g/mol. The molecule has 0 saturated carbocycles. The number of rotatable bonds is 9. The molecule has 0 bridgehead atoms. The molecule has 2 aromatic carbocycles. The minimum atomic E-state index is -0.631. The minimum absolute atomic E-state index is 0.0369. The summed E-state index contributed by atoms with van der Waals surface area (Å²) in [6.45, 7) is 2.08. The predicted octanol–water partition coefficient (Wildman–Crippen LogP) is 3.77. The Morgan fingerprint density at radius 2 is 2.00 bits per heavy atom. The van der Waals surface area contributed by atoms with Crippen LogP contribution in [0.15, 0.2) is 48.0 Å². The quantitative estimate of drug-likeness (QED) is 0.282. The number of nitrogens with one attached hydrogen (secondary N) is 1. The zero-order valence-corrected chi connectivity index (χ0v) is 17.4. The van der Waals surface area contributed by atoms with Gasteiger partial charge in [0.2, 0.25) is 0 Å². The molecule has 7 nitrogen and oxygen atoms in total. The summed E-state index contributed by atoms with van der Waals surface area (Å²) in [5, 5.41) is 12.4. The van der Waals surface area contributed by atoms with Crippen molar-refractivity contribution in [3.8, 4) is 23.3 Å². The first-order chi connectivity index (χ1) is 14.5. The molecular weight excluding hydrogens is 408 g/mol. The van der Waals surface area contributed by atoms with Crippen molar-refractivity contribution in [1.29, 1.82) is 5.26 Å². The lowest BCUT2D eigenvalue weighted by Crippen LogP contribution is -2.25. The molecule has 1 N–H and O–H groups in total. The Labute approximate surface area is 179 Å². The van der Waals surface area contributed by atoms with Gasteiger partial charge in [0.25, 0.3) is 5.91 Å². The van der Waals surface area contributed by atoms with Crippen LogP contribution in [-0.2, 0) is 9.59 Å². The first-order valence-corrected chi connectivity index (χ1v) is 9.51. The summed E-state index contributed by atoms with van der Waals surface area (Å²) in [4.78, 5) is 24.1. The van der Waals surface area contributed by atoms with E-state index < -0.39 is 11.9 Å². The first-order valence-electron chi connectivity index (χ1n) is 9.14. The summed E-state index contributed by atoms with van der Waals surface area (Å²) in [6, 6.07) is 13.2. The zero-order valence-electron chi connectivity index (χ0n) is 16.6. The lowest BCUT2D eigenvalue weighted by atomic mass is 10.1. The Bertz CT molecular complexity index is 982. The number of nitrogens with zero attached hydrogens (tertiary/aromatic N) is 1. The van der Waals surface area contributed by atoms with Gasteiger partial charge in [-0.2, -0.15) is 5.26 Å². The number of hydrogen-bond acceptors (Lipinski definition) is 6. The lowest BCUT2D eigenvalue weighted by Gasteiger charge is -2.11. The molecule has 0 aliphatic rings. The molecule has 0 saturated heterocycles. The summed E-state index contributed by atoms with van der Waals surface area (Å²) in [7, 11) is 1.42. The fraction of sp³-hybridized carbons (Fsp3) is 0.227. The van der Waals surface area contributed by atoms with Gasteiger partial charge < -0.3 is 19.5 Å². The van der Waals surface area contributed by atoms with E-state index in [1.807, 2.05) is 13.0 Å². The van der Waals surface area contributed by atoms with Crippen LogP contribution < -0.4 is 19.5 Å². The lowest BCUT2D eigenvalue weighted by molar-refractivity contribution is -0.136. The smallest absolute Gasteiger partial charge is 0.349 e. The Morgan fingerprint density at radius 3 is 2.67 bits per heavy atom. The van der Waals surface area contributed by atoms with Crippen LogP contribution in [0.3, 0.4) is 0 Å². The molecule has 0 atom stereocenters. The highest BCUT2D eigenvalue weighted by Gasteiger charge is 2.13. The molecule has 0 heterocycles. The van der Waals surface area contributed by atoms with E-state index in [1.54, 1.807) is 36.4 Å². The summed E-state index contributed by atoms with van der Waals surface area (Å²) >= 11 is 5.87. The van der Waals surface area contributed by atoms with E-state index in [0.29, 0.717) is 22.9 Å². The molecule has 0 aromatic heterocycles. The molecule has 8 heteroatoms. The number of nitriles is 1. The van der Waals surface area contributed by atoms with Crippen molar-refractivity contribution in [2.75, 3.05) is 20.3 Å². The molecule has 30 heavy (non-hydrogen) atoms. The van der Waals surface area contributed by atoms with E-state index >= 15 is 0 Å². The maximum Gasteiger partial charge on any atom is 0.349 e. The Morgan fingerprint density at radius 1 is 1.20 bits per heavy atom. The molecule has 0 fully saturated rings. The monoisotopic (exact) mass is 428 g/mol. The van der Waals surface area contributed by atoms with Crippen molar-refractivity contribution in [2.45, 2.75) is 13.3 Å². The number of benzene rings is 2. The van der Waals surface area contributed by atoms with E-state index in [2.05, 4.69) is 5.32 Å². The Kier molecular flexibility index (Phi) is 8.73. The average Bonchev–Trinajstić information content (AvgIpc) is 2.75. The summed E-state index contributed by atoms with van der Waals surface area (Å²) in [5.74, 6) is -0.188. The fourth-order valence-electron chi connectivity index (χ4n) is 2.36. The Balaban J connectivity index is 2.07. The molecule has 0 radical (unpaired) electrons. The van der Waals surface area contributed by atoms with E-state index in [4.69, 9.17) is 25.8 Å². The van der Waals surface area contributed by atoms with Crippen LogP contribution in [0, 0.1) is 11.3 Å². The van der Waals surface area contributed by atoms with E-state index in [1.165, 1.54) is 19.3 Å². The van der Waals surface area contributed by atoms with Crippen LogP contribution in [-0.4, -0.2) is 32.1 Å². The van der Waals surface area contributed by atoms with Crippen molar-refractivity contribution in [3.05, 3.63) is 58.6 Å². The highest BCUT2D eigenvalue weighted by atomic mass is 35.5. The van der Waals surface area contributed by atoms with Crippen LogP contribution in [0.1, 0.15) is 18.9 Å². The number of hydrogen-bond donors (Lipinski definition) is 1. The van der Waals surface area contributed by atoms with Crippen molar-refractivity contribution < 1.29 is 23.8 Å². The Hall–Kier alpha value is -3.50. The van der Waals surface area contributed by atoms with Gasteiger partial charge in [-0.15, -0.1) is 0 Å². The number of carbonyl (C=O) groups is 2. The summed E-state index contributed by atoms with van der Waals surface area (Å²) in [6.07, 6.45) is 2.20. The number of methoxy groups -OCH3 is 1. The maximum absolute atomic E-state index is 12.1. The zero-order chi connectivity index (χ0) is 21.9. The molecule has 1 amide bonds. The third kappa shape index (κ3) is 6.83. The van der Waals surface area contributed by atoms with Crippen molar-refractivity contribution in [2.24, 2.45) is 0 Å². The van der Waals surface area contributed by atoms with Crippen molar-refractivity contribution >= 4 is 29.6 Å². The number of carbonyl (C=O) groups excluding carboxylic acids is 2. The van der Waals surface area contributed by atoms with Gasteiger partial charge in [0.15, 0.2) is 18.1 Å². The van der Waals surface area contributed by atoms with Crippen LogP contribution in [0.2, 0.25) is 5.02 Å². The van der Waals surface area contributed by atoms with Crippen LogP contribution in [0.25, 0.3) is 6.08 Å². The number of ether oxygens (including phenoxy) is 3. The highest BCUT2D eigenvalue weighted by Crippen LogP contribution is 2.29. The number of halogens is 1. The minimum Gasteiger partial charge on any atom is -0.493 e. The molecular formula is C22H21ClN2O5. The largest absolute Gasteiger partial charge is 0.493 e. The number of esters is 1. The fourth-order valence-corrected chi connectivity index (χ4v) is 2.54. The van der Waals surface area contributed by atoms with Gasteiger partial charge in [-0.25, -0.2) is 4.79 Å². The highest BCUT2D eigenvalue weighted by molar-refractivity contribution is 6.30. The molecule has 2 rings (SSSR count). The van der Waals surface area contributed by atoms with Crippen molar-refractivity contribution in [3.63, 3.8) is 0 Å². The first kappa shape index (κ1) is 22.8. The molecule has 0 spiro atoms. The second kappa shape index (κ2) is 11.5. The summed E-state index contributed by atoms with van der Waals surface area (Å²) in [5.41, 5.74) is 0.509. The third-order valence-electron chi connectivity index (χ3n) is 3.78. The molecule has 2 aromatic rings. The second-order valence-corrected chi connectivity index (χ2v) is 6.49. The van der Waals surface area contributed by atoms with Crippen LogP contribution in [0.5, 0.6) is 17.2 Å². The van der Waals surface area contributed by atoms with E-state index in [9.17, 15) is 14.9 Å². The second-order valence-electron chi connectivity index (χ2n) is 6.06. The topological polar surface area (TPSA) is 97.7 Å². The van der Waals surface area contributed by atoms with Crippen molar-refractivity contribution in [1.82, 2.24) is 5.32 Å². The van der Waals surface area contributed by atoms with E-state index in [0.717, 1.165) is 6.42 Å². The van der Waals surface area contributed by atoms with Crippen LogP contribution in [0.4, 0.5) is 0 Å². The standard InChI is InChI=1S/C22H21ClN2O5/c1-3-9-25-22(27)16(13-24)10-15-7-8-19(20(11-15)28-2)30-21(26)14-29-18-6-4-5-17(23)12-18/h4-8,10-12H,3,9,14H2,1-2H3,(H,25,27)/b16-10+. The third-order valence-corrected chi connectivity index (χ3v) is 4.01. The van der Waals surface area contributed by atoms with Crippen LogP contribution >= 0.6 is 11.6 Å². The van der Waals surface area contributed by atoms with Gasteiger partial charge >= 0.3 is 5.97 Å². The van der Waals surface area contributed by atoms with Gasteiger partial charge in [0, 0.05) is 11.6 Å². The summed E-state index contributed by atoms with van der Waals surface area (Å²) < 4.78 is 15.9. The number of amides is 1. The SMILES string of the molecule is CCCNC(=O)/C(C#N)=C/c1ccc(OC(=O)COc2cccc(Cl)c2)c(OC)c1. The van der Waals surface area contributed by atoms with Gasteiger partial charge in [-0.05, 0) is 48.4 Å². The normalized spacial score (nSPS) is 10.7. The molecule has 156 valence electrons. The molecule has 0 unspecified atom stereocenters. The predicted molar refractivity (Wildman–Crippen MR) is 112 cm³/mol.